The monoisotopic (exact) mass is 260 g/mol. The number of fused-ring (bicyclic) bond motifs is 1. The van der Waals surface area contributed by atoms with E-state index in [1.165, 1.54) is 24.0 Å². The summed E-state index contributed by atoms with van der Waals surface area (Å²) in [5.41, 5.74) is 3.49. The second kappa shape index (κ2) is 6.71. The molecule has 1 amide bonds. The Balaban J connectivity index is 1.81. The summed E-state index contributed by atoms with van der Waals surface area (Å²) < 4.78 is 0. The largest absolute Gasteiger partial charge is 0.326 e. The van der Waals surface area contributed by atoms with Gasteiger partial charge in [0, 0.05) is 5.69 Å². The van der Waals surface area contributed by atoms with Gasteiger partial charge in [-0.05, 0) is 49.0 Å². The van der Waals surface area contributed by atoms with Crippen molar-refractivity contribution in [1.29, 1.82) is 0 Å². The van der Waals surface area contributed by atoms with E-state index in [1.54, 1.807) is 0 Å². The molecule has 0 spiro atoms. The van der Waals surface area contributed by atoms with Crippen LogP contribution in [-0.4, -0.2) is 19.0 Å². The summed E-state index contributed by atoms with van der Waals surface area (Å²) in [5.74, 6) is 0.863. The van der Waals surface area contributed by atoms with Gasteiger partial charge in [0.2, 0.25) is 5.91 Å². The smallest absolute Gasteiger partial charge is 0.228 e. The summed E-state index contributed by atoms with van der Waals surface area (Å²) in [6, 6.07) is 6.15. The maximum atomic E-state index is 11.4. The fraction of sp³-hybridized carbons (Fsp3) is 0.562. The average molecular weight is 260 g/mol. The van der Waals surface area contributed by atoms with Gasteiger partial charge in [0.25, 0.3) is 0 Å². The van der Waals surface area contributed by atoms with Gasteiger partial charge in [-0.15, -0.1) is 0 Å². The molecule has 1 aromatic carbocycles. The standard InChI is InChI=1S/C16H24N2O/c1-3-5-12(2)11-17-9-8-13-6-4-7-15-14(13)10-16(19)18-15/h4,6-7,12,17H,3,5,8-11H2,1-2H3,(H,18,19). The third kappa shape index (κ3) is 3.80. The molecule has 1 aliphatic rings. The fourth-order valence-electron chi connectivity index (χ4n) is 2.72. The normalized spacial score (nSPS) is 15.2. The Morgan fingerprint density at radius 3 is 3.05 bits per heavy atom. The first-order chi connectivity index (χ1) is 9.20. The van der Waals surface area contributed by atoms with Crippen molar-refractivity contribution >= 4 is 11.6 Å². The second-order valence-electron chi connectivity index (χ2n) is 5.52. The van der Waals surface area contributed by atoms with Crippen LogP contribution in [0.3, 0.4) is 0 Å². The number of nitrogens with one attached hydrogen (secondary N) is 2. The number of benzene rings is 1. The van der Waals surface area contributed by atoms with Crippen molar-refractivity contribution in [2.24, 2.45) is 5.92 Å². The number of hydrogen-bond donors (Lipinski definition) is 2. The molecule has 1 aromatic rings. The molecule has 104 valence electrons. The summed E-state index contributed by atoms with van der Waals surface area (Å²) in [4.78, 5) is 11.4. The lowest BCUT2D eigenvalue weighted by molar-refractivity contribution is -0.115. The molecule has 1 aliphatic heterocycles. The Morgan fingerprint density at radius 2 is 2.26 bits per heavy atom. The minimum atomic E-state index is 0.118. The lowest BCUT2D eigenvalue weighted by Gasteiger charge is -2.12. The van der Waals surface area contributed by atoms with Gasteiger partial charge < -0.3 is 10.6 Å². The van der Waals surface area contributed by atoms with Crippen LogP contribution in [0, 0.1) is 5.92 Å². The first-order valence-corrected chi connectivity index (χ1v) is 7.32. The minimum absolute atomic E-state index is 0.118. The maximum absolute atomic E-state index is 11.4. The van der Waals surface area contributed by atoms with Crippen LogP contribution in [0.4, 0.5) is 5.69 Å². The Kier molecular flexibility index (Phi) is 4.97. The van der Waals surface area contributed by atoms with Crippen LogP contribution >= 0.6 is 0 Å². The van der Waals surface area contributed by atoms with Crippen molar-refractivity contribution in [2.75, 3.05) is 18.4 Å². The average Bonchev–Trinajstić information content (AvgIpc) is 2.76. The van der Waals surface area contributed by atoms with Gasteiger partial charge in [-0.3, -0.25) is 4.79 Å². The highest BCUT2D eigenvalue weighted by molar-refractivity contribution is 5.99. The molecule has 0 saturated heterocycles. The molecule has 0 bridgehead atoms. The van der Waals surface area contributed by atoms with Crippen LogP contribution in [-0.2, 0) is 17.6 Å². The Morgan fingerprint density at radius 1 is 1.42 bits per heavy atom. The highest BCUT2D eigenvalue weighted by Gasteiger charge is 2.19. The Labute approximate surface area is 115 Å². The molecule has 0 aromatic heterocycles. The van der Waals surface area contributed by atoms with E-state index in [9.17, 15) is 4.79 Å². The van der Waals surface area contributed by atoms with Crippen molar-refractivity contribution in [3.05, 3.63) is 29.3 Å². The minimum Gasteiger partial charge on any atom is -0.326 e. The third-order valence-corrected chi connectivity index (χ3v) is 3.73. The van der Waals surface area contributed by atoms with Crippen molar-refractivity contribution in [3.8, 4) is 0 Å². The summed E-state index contributed by atoms with van der Waals surface area (Å²) in [6.45, 7) is 6.59. The highest BCUT2D eigenvalue weighted by Crippen LogP contribution is 2.26. The second-order valence-corrected chi connectivity index (χ2v) is 5.52. The predicted molar refractivity (Wildman–Crippen MR) is 79.4 cm³/mol. The van der Waals surface area contributed by atoms with Crippen molar-refractivity contribution in [3.63, 3.8) is 0 Å². The van der Waals surface area contributed by atoms with Gasteiger partial charge in [-0.25, -0.2) is 0 Å². The van der Waals surface area contributed by atoms with E-state index < -0.39 is 0 Å². The number of hydrogen-bond acceptors (Lipinski definition) is 2. The molecule has 0 radical (unpaired) electrons. The van der Waals surface area contributed by atoms with Gasteiger partial charge in [-0.1, -0.05) is 32.4 Å². The lowest BCUT2D eigenvalue weighted by atomic mass is 10.0. The molecule has 0 saturated carbocycles. The van der Waals surface area contributed by atoms with E-state index in [4.69, 9.17) is 0 Å². The quantitative estimate of drug-likeness (QED) is 0.740. The zero-order chi connectivity index (χ0) is 13.7. The molecular formula is C16H24N2O. The number of anilines is 1. The van der Waals surface area contributed by atoms with Crippen molar-refractivity contribution < 1.29 is 4.79 Å². The molecule has 0 aliphatic carbocycles. The molecule has 1 unspecified atom stereocenters. The molecule has 1 atom stereocenters. The predicted octanol–water partition coefficient (Wildman–Crippen LogP) is 2.75. The maximum Gasteiger partial charge on any atom is 0.228 e. The molecule has 2 N–H and O–H groups in total. The van der Waals surface area contributed by atoms with Crippen LogP contribution in [0.15, 0.2) is 18.2 Å². The highest BCUT2D eigenvalue weighted by atomic mass is 16.1. The van der Waals surface area contributed by atoms with E-state index in [0.29, 0.717) is 6.42 Å². The Bertz CT molecular complexity index is 442. The molecule has 2 rings (SSSR count). The van der Waals surface area contributed by atoms with Crippen LogP contribution in [0.5, 0.6) is 0 Å². The molecule has 1 heterocycles. The summed E-state index contributed by atoms with van der Waals surface area (Å²) in [7, 11) is 0. The van der Waals surface area contributed by atoms with E-state index in [0.717, 1.165) is 31.1 Å². The molecular weight excluding hydrogens is 236 g/mol. The Hall–Kier alpha value is -1.35. The molecule has 3 heteroatoms. The van der Waals surface area contributed by atoms with Gasteiger partial charge >= 0.3 is 0 Å². The molecule has 0 fully saturated rings. The first-order valence-electron chi connectivity index (χ1n) is 7.32. The number of amides is 1. The van der Waals surface area contributed by atoms with E-state index in [2.05, 4.69) is 30.5 Å². The van der Waals surface area contributed by atoms with Gasteiger partial charge in [-0.2, -0.15) is 0 Å². The summed E-state index contributed by atoms with van der Waals surface area (Å²) in [6.07, 6.45) is 4.07. The topological polar surface area (TPSA) is 41.1 Å². The number of rotatable bonds is 7. The summed E-state index contributed by atoms with van der Waals surface area (Å²) in [5, 5.41) is 6.42. The zero-order valence-corrected chi connectivity index (χ0v) is 12.0. The number of carbonyl (C=O) groups is 1. The van der Waals surface area contributed by atoms with Gasteiger partial charge in [0.15, 0.2) is 0 Å². The van der Waals surface area contributed by atoms with Gasteiger partial charge in [0.05, 0.1) is 6.42 Å². The van der Waals surface area contributed by atoms with Gasteiger partial charge in [0.1, 0.15) is 0 Å². The lowest BCUT2D eigenvalue weighted by Crippen LogP contribution is -2.23. The van der Waals surface area contributed by atoms with Crippen molar-refractivity contribution in [1.82, 2.24) is 5.32 Å². The fourth-order valence-corrected chi connectivity index (χ4v) is 2.72. The van der Waals surface area contributed by atoms with Crippen LogP contribution in [0.25, 0.3) is 0 Å². The van der Waals surface area contributed by atoms with E-state index in [1.807, 2.05) is 12.1 Å². The SMILES string of the molecule is CCCC(C)CNCCc1cccc2c1CC(=O)N2. The van der Waals surface area contributed by atoms with E-state index in [-0.39, 0.29) is 5.91 Å². The third-order valence-electron chi connectivity index (χ3n) is 3.73. The van der Waals surface area contributed by atoms with Crippen LogP contribution in [0.1, 0.15) is 37.8 Å². The summed E-state index contributed by atoms with van der Waals surface area (Å²) >= 11 is 0. The number of carbonyl (C=O) groups excluding carboxylic acids is 1. The molecule has 3 nitrogen and oxygen atoms in total. The zero-order valence-electron chi connectivity index (χ0n) is 12.0. The van der Waals surface area contributed by atoms with Crippen LogP contribution in [0.2, 0.25) is 0 Å². The first kappa shape index (κ1) is 14.1. The van der Waals surface area contributed by atoms with E-state index >= 15 is 0 Å². The molecule has 19 heavy (non-hydrogen) atoms. The van der Waals surface area contributed by atoms with Crippen molar-refractivity contribution in [2.45, 2.75) is 39.5 Å². The van der Waals surface area contributed by atoms with Crippen LogP contribution < -0.4 is 10.6 Å².